The van der Waals surface area contributed by atoms with E-state index in [1.807, 2.05) is 36.4 Å². The molecule has 1 saturated heterocycles. The number of carbonyl (C=O) groups excluding carboxylic acids is 2. The molecular formula is C25H28N2O6. The normalized spacial score (nSPS) is 19.5. The predicted octanol–water partition coefficient (Wildman–Crippen LogP) is 2.91. The van der Waals surface area contributed by atoms with Gasteiger partial charge >= 0.3 is 12.1 Å². The van der Waals surface area contributed by atoms with E-state index in [2.05, 4.69) is 22.8 Å². The summed E-state index contributed by atoms with van der Waals surface area (Å²) in [6, 6.07) is 16.1. The number of hydrogen-bond donors (Lipinski definition) is 3. The van der Waals surface area contributed by atoms with Crippen molar-refractivity contribution in [2.45, 2.75) is 31.7 Å². The van der Waals surface area contributed by atoms with Gasteiger partial charge in [-0.25, -0.2) is 4.79 Å². The van der Waals surface area contributed by atoms with Crippen LogP contribution in [0, 0.1) is 5.41 Å². The van der Waals surface area contributed by atoms with Gasteiger partial charge in [-0.05, 0) is 36.1 Å². The molecule has 8 heteroatoms. The number of fused-ring (bicyclic) bond motifs is 3. The molecule has 1 aliphatic heterocycles. The van der Waals surface area contributed by atoms with Gasteiger partial charge in [0.05, 0.1) is 12.0 Å². The molecule has 1 aliphatic carbocycles. The summed E-state index contributed by atoms with van der Waals surface area (Å²) in [4.78, 5) is 37.0. The fourth-order valence-corrected chi connectivity index (χ4v) is 4.28. The Labute approximate surface area is 192 Å². The zero-order valence-corrected chi connectivity index (χ0v) is 18.7. The molecule has 1 atom stereocenters. The summed E-state index contributed by atoms with van der Waals surface area (Å²) in [5.41, 5.74) is 2.02. The monoisotopic (exact) mass is 452 g/mol. The second kappa shape index (κ2) is 8.86. The van der Waals surface area contributed by atoms with Gasteiger partial charge in [-0.15, -0.1) is 0 Å². The van der Waals surface area contributed by atoms with E-state index in [0.717, 1.165) is 22.3 Å². The van der Waals surface area contributed by atoms with Crippen molar-refractivity contribution in [3.05, 3.63) is 59.7 Å². The number of ether oxygens (including phenoxy) is 2. The first kappa shape index (κ1) is 22.8. The maximum absolute atomic E-state index is 12.9. The summed E-state index contributed by atoms with van der Waals surface area (Å²) >= 11 is 0. The van der Waals surface area contributed by atoms with Gasteiger partial charge in [0, 0.05) is 25.5 Å². The van der Waals surface area contributed by atoms with Crippen LogP contribution in [-0.4, -0.2) is 55.0 Å². The van der Waals surface area contributed by atoms with Crippen LogP contribution in [0.25, 0.3) is 11.1 Å². The third-order valence-corrected chi connectivity index (χ3v) is 6.41. The van der Waals surface area contributed by atoms with Crippen LogP contribution >= 0.6 is 0 Å². The highest BCUT2D eigenvalue weighted by Gasteiger charge is 2.45. The highest BCUT2D eigenvalue weighted by Crippen LogP contribution is 2.44. The first-order chi connectivity index (χ1) is 15.7. The van der Waals surface area contributed by atoms with Crippen molar-refractivity contribution in [2.24, 2.45) is 5.41 Å². The zero-order valence-electron chi connectivity index (χ0n) is 18.7. The van der Waals surface area contributed by atoms with E-state index in [1.54, 1.807) is 0 Å². The number of hydrogen-bond acceptors (Lipinski definition) is 5. The quantitative estimate of drug-likeness (QED) is 0.595. The Balaban J connectivity index is 1.42. The highest BCUT2D eigenvalue weighted by molar-refractivity contribution is 5.91. The van der Waals surface area contributed by atoms with Crippen LogP contribution in [0.5, 0.6) is 0 Å². The molecule has 2 aliphatic rings. The van der Waals surface area contributed by atoms with Crippen LogP contribution in [0.4, 0.5) is 4.79 Å². The lowest BCUT2D eigenvalue weighted by atomic mass is 9.92. The van der Waals surface area contributed by atoms with E-state index in [1.165, 1.54) is 13.8 Å². The standard InChI is InChI=1S/C25H28N2O6/c1-24(2,22(29)30)14-26-21(28)25(11-12-32-15-25)27-23(31)33-13-20-18-9-5-3-7-16(18)17-8-4-6-10-19(17)20/h3-10,20H,11-15H2,1-2H3,(H,26,28)(H,27,31)(H,29,30). The summed E-state index contributed by atoms with van der Waals surface area (Å²) in [5.74, 6) is -1.60. The fourth-order valence-electron chi connectivity index (χ4n) is 4.28. The van der Waals surface area contributed by atoms with Crippen LogP contribution in [0.15, 0.2) is 48.5 Å². The molecule has 1 fully saturated rings. The van der Waals surface area contributed by atoms with Crippen molar-refractivity contribution >= 4 is 18.0 Å². The van der Waals surface area contributed by atoms with Gasteiger partial charge in [0.2, 0.25) is 5.91 Å². The zero-order chi connectivity index (χ0) is 23.6. The van der Waals surface area contributed by atoms with Gasteiger partial charge in [0.25, 0.3) is 0 Å². The predicted molar refractivity (Wildman–Crippen MR) is 121 cm³/mol. The summed E-state index contributed by atoms with van der Waals surface area (Å²) in [5, 5.41) is 14.6. The largest absolute Gasteiger partial charge is 0.481 e. The van der Waals surface area contributed by atoms with E-state index in [9.17, 15) is 19.5 Å². The van der Waals surface area contributed by atoms with Crippen LogP contribution in [0.2, 0.25) is 0 Å². The van der Waals surface area contributed by atoms with Crippen molar-refractivity contribution in [1.29, 1.82) is 0 Å². The number of rotatable bonds is 7. The first-order valence-corrected chi connectivity index (χ1v) is 11.0. The molecule has 1 unspecified atom stereocenters. The van der Waals surface area contributed by atoms with E-state index < -0.39 is 28.9 Å². The van der Waals surface area contributed by atoms with Crippen molar-refractivity contribution in [3.8, 4) is 11.1 Å². The summed E-state index contributed by atoms with van der Waals surface area (Å²) < 4.78 is 11.0. The molecule has 0 aromatic heterocycles. The molecule has 33 heavy (non-hydrogen) atoms. The van der Waals surface area contributed by atoms with Gasteiger partial charge in [-0.3, -0.25) is 9.59 Å². The molecule has 2 amide bonds. The van der Waals surface area contributed by atoms with Crippen LogP contribution in [-0.2, 0) is 19.1 Å². The van der Waals surface area contributed by atoms with E-state index >= 15 is 0 Å². The van der Waals surface area contributed by atoms with Gasteiger partial charge in [0.15, 0.2) is 0 Å². The maximum Gasteiger partial charge on any atom is 0.408 e. The number of carbonyl (C=O) groups is 3. The molecule has 3 N–H and O–H groups in total. The lowest BCUT2D eigenvalue weighted by Crippen LogP contribution is -2.60. The van der Waals surface area contributed by atoms with Crippen LogP contribution < -0.4 is 10.6 Å². The molecule has 0 bridgehead atoms. The van der Waals surface area contributed by atoms with Gasteiger partial charge in [-0.2, -0.15) is 0 Å². The Morgan fingerprint density at radius 3 is 2.24 bits per heavy atom. The van der Waals surface area contributed by atoms with Crippen molar-refractivity contribution < 1.29 is 29.0 Å². The smallest absolute Gasteiger partial charge is 0.408 e. The number of alkyl carbamates (subject to hydrolysis) is 1. The third kappa shape index (κ3) is 4.43. The molecule has 1 heterocycles. The topological polar surface area (TPSA) is 114 Å². The van der Waals surface area contributed by atoms with Crippen LogP contribution in [0.1, 0.15) is 37.3 Å². The minimum absolute atomic E-state index is 0.00344. The van der Waals surface area contributed by atoms with Crippen molar-refractivity contribution in [3.63, 3.8) is 0 Å². The third-order valence-electron chi connectivity index (χ3n) is 6.41. The van der Waals surface area contributed by atoms with Crippen molar-refractivity contribution in [1.82, 2.24) is 10.6 Å². The molecule has 174 valence electrons. The molecule has 4 rings (SSSR count). The lowest BCUT2D eigenvalue weighted by molar-refractivity contribution is -0.147. The SMILES string of the molecule is CC(C)(CNC(=O)C1(NC(=O)OCC2c3ccccc3-c3ccccc32)CCOC1)C(=O)O. The Morgan fingerprint density at radius 1 is 1.09 bits per heavy atom. The number of aliphatic carboxylic acids is 1. The van der Waals surface area contributed by atoms with E-state index in [4.69, 9.17) is 9.47 Å². The average molecular weight is 453 g/mol. The molecule has 2 aromatic rings. The molecule has 2 aromatic carbocycles. The first-order valence-electron chi connectivity index (χ1n) is 11.0. The molecular weight excluding hydrogens is 424 g/mol. The van der Waals surface area contributed by atoms with Gasteiger partial charge in [-0.1, -0.05) is 48.5 Å². The van der Waals surface area contributed by atoms with Gasteiger partial charge in [0.1, 0.15) is 12.1 Å². The fraction of sp³-hybridized carbons (Fsp3) is 0.400. The van der Waals surface area contributed by atoms with Crippen LogP contribution in [0.3, 0.4) is 0 Å². The minimum Gasteiger partial charge on any atom is -0.481 e. The molecule has 0 radical (unpaired) electrons. The second-order valence-corrected chi connectivity index (χ2v) is 9.21. The molecule has 0 spiro atoms. The highest BCUT2D eigenvalue weighted by atomic mass is 16.6. The molecule has 8 nitrogen and oxygen atoms in total. The lowest BCUT2D eigenvalue weighted by Gasteiger charge is -2.29. The average Bonchev–Trinajstić information content (AvgIpc) is 3.39. The number of amides is 2. The Hall–Kier alpha value is -3.39. The minimum atomic E-state index is -1.29. The number of carboxylic acids is 1. The van der Waals surface area contributed by atoms with E-state index in [0.29, 0.717) is 6.61 Å². The van der Waals surface area contributed by atoms with Gasteiger partial charge < -0.3 is 25.2 Å². The van der Waals surface area contributed by atoms with Crippen molar-refractivity contribution in [2.75, 3.05) is 26.4 Å². The number of carboxylic acid groups (broad SMARTS) is 1. The Bertz CT molecular complexity index is 1030. The number of benzene rings is 2. The Morgan fingerprint density at radius 2 is 1.70 bits per heavy atom. The summed E-state index contributed by atoms with van der Waals surface area (Å²) in [6.07, 6.45) is -0.439. The van der Waals surface area contributed by atoms with E-state index in [-0.39, 0.29) is 32.1 Å². The summed E-state index contributed by atoms with van der Waals surface area (Å²) in [6.45, 7) is 3.40. The number of nitrogens with one attached hydrogen (secondary N) is 2. The Kier molecular flexibility index (Phi) is 6.12. The molecule has 0 saturated carbocycles. The maximum atomic E-state index is 12.9. The second-order valence-electron chi connectivity index (χ2n) is 9.21. The summed E-state index contributed by atoms with van der Waals surface area (Å²) in [7, 11) is 0.